The first-order valence-electron chi connectivity index (χ1n) is 10.2. The number of carbonyl (C=O) groups excluding carboxylic acids is 1. The quantitative estimate of drug-likeness (QED) is 0.696. The highest BCUT2D eigenvalue weighted by Crippen LogP contribution is 2.35. The molecule has 2 nitrogen and oxygen atoms in total. The smallest absolute Gasteiger partial charge is 0.165 e. The van der Waals surface area contributed by atoms with Gasteiger partial charge < -0.3 is 4.90 Å². The summed E-state index contributed by atoms with van der Waals surface area (Å²) in [5, 5.41) is 0. The molecule has 2 aromatic rings. The highest BCUT2D eigenvalue weighted by Gasteiger charge is 2.32. The van der Waals surface area contributed by atoms with E-state index in [4.69, 9.17) is 0 Å². The summed E-state index contributed by atoms with van der Waals surface area (Å²) in [5.74, 6) is 2.02. The Morgan fingerprint density at radius 1 is 0.846 bits per heavy atom. The van der Waals surface area contributed by atoms with E-state index in [9.17, 15) is 4.79 Å². The van der Waals surface area contributed by atoms with Gasteiger partial charge in [0.1, 0.15) is 0 Å². The lowest BCUT2D eigenvalue weighted by atomic mass is 9.89. The van der Waals surface area contributed by atoms with Crippen molar-refractivity contribution < 1.29 is 4.79 Å². The number of piperidine rings is 1. The molecule has 2 aromatic carbocycles. The summed E-state index contributed by atoms with van der Waals surface area (Å²) in [5.41, 5.74) is 2.39. The topological polar surface area (TPSA) is 20.3 Å². The molecule has 2 unspecified atom stereocenters. The Morgan fingerprint density at radius 2 is 1.50 bits per heavy atom. The predicted molar refractivity (Wildman–Crippen MR) is 106 cm³/mol. The largest absolute Gasteiger partial charge is 0.303 e. The lowest BCUT2D eigenvalue weighted by molar-refractivity contribution is 0.0917. The lowest BCUT2D eigenvalue weighted by Gasteiger charge is -2.33. The van der Waals surface area contributed by atoms with Gasteiger partial charge in [-0.25, -0.2) is 0 Å². The molecule has 1 saturated carbocycles. The van der Waals surface area contributed by atoms with E-state index >= 15 is 0 Å². The molecule has 4 rings (SSSR count). The van der Waals surface area contributed by atoms with Gasteiger partial charge in [0.2, 0.25) is 0 Å². The third kappa shape index (κ3) is 4.07. The molecule has 136 valence electrons. The molecule has 1 heterocycles. The van der Waals surface area contributed by atoms with E-state index in [0.29, 0.717) is 11.7 Å². The molecule has 1 aliphatic heterocycles. The molecular weight excluding hydrogens is 318 g/mol. The maximum absolute atomic E-state index is 12.7. The highest BCUT2D eigenvalue weighted by molar-refractivity contribution is 5.97. The SMILES string of the molecule is O=C(c1ccccc1)C1CCC(CN2CCC(c3ccccc3)CC2)C1. The fourth-order valence-electron chi connectivity index (χ4n) is 4.86. The van der Waals surface area contributed by atoms with E-state index in [-0.39, 0.29) is 5.92 Å². The second-order valence-electron chi connectivity index (χ2n) is 8.09. The normalized spacial score (nSPS) is 24.6. The van der Waals surface area contributed by atoms with Gasteiger partial charge in [-0.1, -0.05) is 60.7 Å². The number of benzene rings is 2. The van der Waals surface area contributed by atoms with Crippen molar-refractivity contribution >= 4 is 5.78 Å². The maximum atomic E-state index is 12.7. The van der Waals surface area contributed by atoms with Gasteiger partial charge in [-0.15, -0.1) is 0 Å². The maximum Gasteiger partial charge on any atom is 0.165 e. The Kier molecular flexibility index (Phi) is 5.50. The number of nitrogens with zero attached hydrogens (tertiary/aromatic N) is 1. The molecule has 1 saturated heterocycles. The number of ketones is 1. The van der Waals surface area contributed by atoms with Crippen LogP contribution >= 0.6 is 0 Å². The minimum Gasteiger partial charge on any atom is -0.303 e. The zero-order valence-corrected chi connectivity index (χ0v) is 15.5. The summed E-state index contributed by atoms with van der Waals surface area (Å²) in [6.07, 6.45) is 5.89. The second-order valence-corrected chi connectivity index (χ2v) is 8.09. The van der Waals surface area contributed by atoms with Crippen LogP contribution in [-0.2, 0) is 0 Å². The molecule has 0 N–H and O–H groups in total. The monoisotopic (exact) mass is 347 g/mol. The van der Waals surface area contributed by atoms with Crippen LogP contribution in [0.25, 0.3) is 0 Å². The van der Waals surface area contributed by atoms with Crippen LogP contribution in [0.2, 0.25) is 0 Å². The van der Waals surface area contributed by atoms with Gasteiger partial charge in [0, 0.05) is 18.0 Å². The standard InChI is InChI=1S/C24H29NO/c26-24(22-9-5-2-6-10-22)23-12-11-19(17-23)18-25-15-13-21(14-16-25)20-7-3-1-4-8-20/h1-10,19,21,23H,11-18H2. The Balaban J connectivity index is 1.25. The van der Waals surface area contributed by atoms with Crippen molar-refractivity contribution in [2.75, 3.05) is 19.6 Å². The van der Waals surface area contributed by atoms with Crippen LogP contribution in [-0.4, -0.2) is 30.3 Å². The fraction of sp³-hybridized carbons (Fsp3) is 0.458. The van der Waals surface area contributed by atoms with Gasteiger partial charge in [0.15, 0.2) is 5.78 Å². The Morgan fingerprint density at radius 3 is 2.19 bits per heavy atom. The molecule has 1 aliphatic carbocycles. The molecular formula is C24H29NO. The Labute approximate surface area is 157 Å². The first-order chi connectivity index (χ1) is 12.8. The number of carbonyl (C=O) groups is 1. The van der Waals surface area contributed by atoms with Crippen molar-refractivity contribution in [1.29, 1.82) is 0 Å². The van der Waals surface area contributed by atoms with Crippen LogP contribution in [0.1, 0.15) is 53.9 Å². The van der Waals surface area contributed by atoms with Gasteiger partial charge in [0.05, 0.1) is 0 Å². The van der Waals surface area contributed by atoms with E-state index in [0.717, 1.165) is 24.3 Å². The summed E-state index contributed by atoms with van der Waals surface area (Å²) in [4.78, 5) is 15.3. The van der Waals surface area contributed by atoms with Crippen LogP contribution in [0.3, 0.4) is 0 Å². The van der Waals surface area contributed by atoms with Crippen LogP contribution < -0.4 is 0 Å². The number of hydrogen-bond donors (Lipinski definition) is 0. The van der Waals surface area contributed by atoms with Gasteiger partial charge in [-0.05, 0) is 62.6 Å². The van der Waals surface area contributed by atoms with E-state index in [2.05, 4.69) is 35.2 Å². The fourth-order valence-corrected chi connectivity index (χ4v) is 4.86. The summed E-state index contributed by atoms with van der Waals surface area (Å²) in [7, 11) is 0. The van der Waals surface area contributed by atoms with Crippen molar-refractivity contribution in [2.45, 2.75) is 38.0 Å². The van der Waals surface area contributed by atoms with Crippen molar-refractivity contribution in [2.24, 2.45) is 11.8 Å². The molecule has 2 heteroatoms. The van der Waals surface area contributed by atoms with Crippen LogP contribution in [0.15, 0.2) is 60.7 Å². The van der Waals surface area contributed by atoms with Crippen LogP contribution in [0, 0.1) is 11.8 Å². The first kappa shape index (κ1) is 17.5. The average molecular weight is 348 g/mol. The van der Waals surface area contributed by atoms with Gasteiger partial charge in [-0.3, -0.25) is 4.79 Å². The number of hydrogen-bond acceptors (Lipinski definition) is 2. The lowest BCUT2D eigenvalue weighted by Crippen LogP contribution is -2.36. The molecule has 2 fully saturated rings. The molecule has 0 spiro atoms. The van der Waals surface area contributed by atoms with E-state index in [1.165, 1.54) is 44.5 Å². The molecule has 0 radical (unpaired) electrons. The van der Waals surface area contributed by atoms with E-state index < -0.39 is 0 Å². The van der Waals surface area contributed by atoms with E-state index in [1.807, 2.05) is 30.3 Å². The van der Waals surface area contributed by atoms with Crippen molar-refractivity contribution in [1.82, 2.24) is 4.90 Å². The average Bonchev–Trinajstić information content (AvgIpc) is 3.18. The summed E-state index contributed by atoms with van der Waals surface area (Å²) in [6, 6.07) is 20.8. The zero-order chi connectivity index (χ0) is 17.8. The molecule has 2 atom stereocenters. The molecule has 0 amide bonds. The number of rotatable bonds is 5. The van der Waals surface area contributed by atoms with Gasteiger partial charge >= 0.3 is 0 Å². The highest BCUT2D eigenvalue weighted by atomic mass is 16.1. The number of Topliss-reactive ketones (excluding diaryl/α,β-unsaturated/α-hetero) is 1. The first-order valence-corrected chi connectivity index (χ1v) is 10.2. The van der Waals surface area contributed by atoms with Gasteiger partial charge in [0.25, 0.3) is 0 Å². The van der Waals surface area contributed by atoms with E-state index in [1.54, 1.807) is 0 Å². The van der Waals surface area contributed by atoms with Crippen molar-refractivity contribution in [3.8, 4) is 0 Å². The Hall–Kier alpha value is -1.93. The number of likely N-dealkylation sites (tertiary alicyclic amines) is 1. The van der Waals surface area contributed by atoms with Crippen LogP contribution in [0.4, 0.5) is 0 Å². The summed E-state index contributed by atoms with van der Waals surface area (Å²) < 4.78 is 0. The molecule has 2 aliphatic rings. The summed E-state index contributed by atoms with van der Waals surface area (Å²) in [6.45, 7) is 3.58. The van der Waals surface area contributed by atoms with Crippen molar-refractivity contribution in [3.63, 3.8) is 0 Å². The van der Waals surface area contributed by atoms with Crippen LogP contribution in [0.5, 0.6) is 0 Å². The minimum atomic E-state index is 0.240. The Bertz CT molecular complexity index is 704. The third-order valence-electron chi connectivity index (χ3n) is 6.35. The molecule has 0 aromatic heterocycles. The van der Waals surface area contributed by atoms with Crippen molar-refractivity contribution in [3.05, 3.63) is 71.8 Å². The predicted octanol–water partition coefficient (Wildman–Crippen LogP) is 5.17. The third-order valence-corrected chi connectivity index (χ3v) is 6.35. The van der Waals surface area contributed by atoms with Gasteiger partial charge in [-0.2, -0.15) is 0 Å². The summed E-state index contributed by atoms with van der Waals surface area (Å²) >= 11 is 0. The second kappa shape index (κ2) is 8.18. The molecule has 26 heavy (non-hydrogen) atoms. The molecule has 0 bridgehead atoms. The zero-order valence-electron chi connectivity index (χ0n) is 15.5. The minimum absolute atomic E-state index is 0.240.